The maximum atomic E-state index is 13.8. The van der Waals surface area contributed by atoms with Crippen LogP contribution in [0.15, 0.2) is 42.7 Å². The van der Waals surface area contributed by atoms with Crippen LogP contribution in [0.1, 0.15) is 5.56 Å². The number of nitrogens with zero attached hydrogens (tertiary/aromatic N) is 1. The van der Waals surface area contributed by atoms with E-state index < -0.39 is 11.8 Å². The van der Waals surface area contributed by atoms with Crippen molar-refractivity contribution in [3.63, 3.8) is 0 Å². The molecule has 0 saturated carbocycles. The molecule has 0 fully saturated rings. The first-order valence-electron chi connectivity index (χ1n) is 5.07. The van der Waals surface area contributed by atoms with Gasteiger partial charge in [-0.1, -0.05) is 12.1 Å². The molecule has 1 aromatic carbocycles. The lowest BCUT2D eigenvalue weighted by Gasteiger charge is -2.04. The fraction of sp³-hybridized carbons (Fsp3) is 0.0769. The summed E-state index contributed by atoms with van der Waals surface area (Å²) in [6.45, 7) is 0. The topological polar surface area (TPSA) is 50.2 Å². The summed E-state index contributed by atoms with van der Waals surface area (Å²) in [6.07, 6.45) is 2.99. The Labute approximate surface area is 97.6 Å². The molecule has 0 saturated heterocycles. The zero-order valence-corrected chi connectivity index (χ0v) is 8.93. The molecule has 17 heavy (non-hydrogen) atoms. The predicted octanol–water partition coefficient (Wildman–Crippen LogP) is 2.51. The molecule has 86 valence electrons. The highest BCUT2D eigenvalue weighted by Crippen LogP contribution is 2.23. The summed E-state index contributed by atoms with van der Waals surface area (Å²) >= 11 is 0. The largest absolute Gasteiger partial charge is 0.481 e. The summed E-state index contributed by atoms with van der Waals surface area (Å²) in [6, 6.07) is 7.87. The summed E-state index contributed by atoms with van der Waals surface area (Å²) in [7, 11) is 0. The maximum Gasteiger partial charge on any atom is 0.307 e. The molecule has 0 bridgehead atoms. The number of rotatable bonds is 3. The molecule has 0 radical (unpaired) electrons. The third kappa shape index (κ3) is 2.66. The molecule has 0 aliphatic rings. The molecule has 1 heterocycles. The predicted molar refractivity (Wildman–Crippen MR) is 61.0 cm³/mol. The van der Waals surface area contributed by atoms with Gasteiger partial charge in [0.25, 0.3) is 0 Å². The minimum absolute atomic E-state index is 0.173. The van der Waals surface area contributed by atoms with Crippen LogP contribution in [0.2, 0.25) is 0 Å². The number of aliphatic carboxylic acids is 1. The summed E-state index contributed by atoms with van der Waals surface area (Å²) in [4.78, 5) is 14.4. The molecule has 2 aromatic rings. The Balaban J connectivity index is 2.35. The van der Waals surface area contributed by atoms with Crippen LogP contribution in [-0.2, 0) is 11.2 Å². The number of benzene rings is 1. The van der Waals surface area contributed by atoms with Gasteiger partial charge in [0.15, 0.2) is 0 Å². The summed E-state index contributed by atoms with van der Waals surface area (Å²) < 4.78 is 13.8. The van der Waals surface area contributed by atoms with Crippen molar-refractivity contribution in [1.29, 1.82) is 0 Å². The molecular weight excluding hydrogens is 221 g/mol. The van der Waals surface area contributed by atoms with E-state index in [9.17, 15) is 9.18 Å². The Kier molecular flexibility index (Phi) is 3.14. The van der Waals surface area contributed by atoms with Crippen LogP contribution < -0.4 is 0 Å². The van der Waals surface area contributed by atoms with Gasteiger partial charge in [-0.05, 0) is 29.3 Å². The SMILES string of the molecule is O=C(O)Cc1ccc(-c2ccncc2)c(F)c1. The van der Waals surface area contributed by atoms with Crippen molar-refractivity contribution in [2.45, 2.75) is 6.42 Å². The first-order chi connectivity index (χ1) is 8.16. The number of aromatic nitrogens is 1. The van der Waals surface area contributed by atoms with Crippen LogP contribution in [0, 0.1) is 5.82 Å². The Bertz CT molecular complexity index is 540. The molecule has 3 nitrogen and oxygen atoms in total. The summed E-state index contributed by atoms with van der Waals surface area (Å²) in [5.41, 5.74) is 1.62. The fourth-order valence-electron chi connectivity index (χ4n) is 1.61. The minimum atomic E-state index is -0.971. The van der Waals surface area contributed by atoms with Gasteiger partial charge in [0.1, 0.15) is 5.82 Å². The van der Waals surface area contributed by atoms with E-state index in [1.165, 1.54) is 6.07 Å². The van der Waals surface area contributed by atoms with Gasteiger partial charge in [-0.3, -0.25) is 9.78 Å². The number of halogens is 1. The second kappa shape index (κ2) is 4.74. The lowest BCUT2D eigenvalue weighted by atomic mass is 10.0. The number of carbonyl (C=O) groups is 1. The molecule has 0 atom stereocenters. The highest BCUT2D eigenvalue weighted by atomic mass is 19.1. The van der Waals surface area contributed by atoms with Crippen molar-refractivity contribution in [2.75, 3.05) is 0 Å². The van der Waals surface area contributed by atoms with E-state index in [0.29, 0.717) is 11.1 Å². The molecule has 0 aliphatic heterocycles. The van der Waals surface area contributed by atoms with Gasteiger partial charge in [-0.25, -0.2) is 4.39 Å². The highest BCUT2D eigenvalue weighted by Gasteiger charge is 2.07. The van der Waals surface area contributed by atoms with E-state index in [0.717, 1.165) is 5.56 Å². The third-order valence-corrected chi connectivity index (χ3v) is 2.38. The van der Waals surface area contributed by atoms with Crippen LogP contribution in [0.4, 0.5) is 4.39 Å². The van der Waals surface area contributed by atoms with Gasteiger partial charge in [-0.2, -0.15) is 0 Å². The Morgan fingerprint density at radius 2 is 1.94 bits per heavy atom. The standard InChI is InChI=1S/C13H10FNO2/c14-12-7-9(8-13(16)17)1-2-11(12)10-3-5-15-6-4-10/h1-7H,8H2,(H,16,17). The molecule has 2 rings (SSSR count). The first-order valence-corrected chi connectivity index (χ1v) is 5.07. The van der Waals surface area contributed by atoms with Crippen molar-refractivity contribution >= 4 is 5.97 Å². The normalized spacial score (nSPS) is 10.2. The van der Waals surface area contributed by atoms with Crippen LogP contribution in [0.3, 0.4) is 0 Å². The van der Waals surface area contributed by atoms with E-state index in [4.69, 9.17) is 5.11 Å². The first kappa shape index (κ1) is 11.3. The van der Waals surface area contributed by atoms with E-state index in [1.807, 2.05) is 0 Å². The molecule has 4 heteroatoms. The van der Waals surface area contributed by atoms with Crippen molar-refractivity contribution in [2.24, 2.45) is 0 Å². The second-order valence-corrected chi connectivity index (χ2v) is 3.62. The number of pyridine rings is 1. The zero-order valence-electron chi connectivity index (χ0n) is 8.93. The third-order valence-electron chi connectivity index (χ3n) is 2.38. The quantitative estimate of drug-likeness (QED) is 0.883. The summed E-state index contributed by atoms with van der Waals surface area (Å²) in [5.74, 6) is -1.39. The lowest BCUT2D eigenvalue weighted by Crippen LogP contribution is -2.00. The van der Waals surface area contributed by atoms with Gasteiger partial charge in [-0.15, -0.1) is 0 Å². The van der Waals surface area contributed by atoms with E-state index in [2.05, 4.69) is 4.98 Å². The van der Waals surface area contributed by atoms with Gasteiger partial charge in [0.2, 0.25) is 0 Å². The Morgan fingerprint density at radius 3 is 2.53 bits per heavy atom. The van der Waals surface area contributed by atoms with E-state index in [-0.39, 0.29) is 6.42 Å². The van der Waals surface area contributed by atoms with Gasteiger partial charge < -0.3 is 5.11 Å². The highest BCUT2D eigenvalue weighted by molar-refractivity contribution is 5.71. The Hall–Kier alpha value is -2.23. The number of carboxylic acid groups (broad SMARTS) is 1. The molecule has 0 spiro atoms. The Morgan fingerprint density at radius 1 is 1.24 bits per heavy atom. The molecule has 1 N–H and O–H groups in total. The van der Waals surface area contributed by atoms with Gasteiger partial charge in [0.05, 0.1) is 6.42 Å². The van der Waals surface area contributed by atoms with Gasteiger partial charge >= 0.3 is 5.97 Å². The number of hydrogen-bond donors (Lipinski definition) is 1. The van der Waals surface area contributed by atoms with Crippen LogP contribution in [0.5, 0.6) is 0 Å². The van der Waals surface area contributed by atoms with Crippen molar-refractivity contribution in [1.82, 2.24) is 4.98 Å². The lowest BCUT2D eigenvalue weighted by molar-refractivity contribution is -0.136. The number of carboxylic acids is 1. The molecule has 0 unspecified atom stereocenters. The molecule has 0 aliphatic carbocycles. The fourth-order valence-corrected chi connectivity index (χ4v) is 1.61. The monoisotopic (exact) mass is 231 g/mol. The average Bonchev–Trinajstić information content (AvgIpc) is 2.29. The molecular formula is C13H10FNO2. The van der Waals surface area contributed by atoms with Crippen molar-refractivity contribution < 1.29 is 14.3 Å². The van der Waals surface area contributed by atoms with E-state index in [1.54, 1.807) is 36.7 Å². The minimum Gasteiger partial charge on any atom is -0.481 e. The smallest absolute Gasteiger partial charge is 0.307 e. The van der Waals surface area contributed by atoms with Crippen molar-refractivity contribution in [3.8, 4) is 11.1 Å². The van der Waals surface area contributed by atoms with Crippen LogP contribution in [-0.4, -0.2) is 16.1 Å². The van der Waals surface area contributed by atoms with Gasteiger partial charge in [0, 0.05) is 18.0 Å². The number of hydrogen-bond acceptors (Lipinski definition) is 2. The molecule has 0 amide bonds. The second-order valence-electron chi connectivity index (χ2n) is 3.62. The van der Waals surface area contributed by atoms with E-state index >= 15 is 0 Å². The maximum absolute atomic E-state index is 13.8. The zero-order chi connectivity index (χ0) is 12.3. The summed E-state index contributed by atoms with van der Waals surface area (Å²) in [5, 5.41) is 8.61. The average molecular weight is 231 g/mol. The van der Waals surface area contributed by atoms with Crippen molar-refractivity contribution in [3.05, 3.63) is 54.1 Å². The van der Waals surface area contributed by atoms with Crippen LogP contribution in [0.25, 0.3) is 11.1 Å². The molecule has 1 aromatic heterocycles. The van der Waals surface area contributed by atoms with Crippen LogP contribution >= 0.6 is 0 Å².